The van der Waals surface area contributed by atoms with E-state index in [1.807, 2.05) is 18.2 Å². The van der Waals surface area contributed by atoms with Crippen LogP contribution in [0, 0.1) is 0 Å². The molecule has 0 aliphatic heterocycles. The summed E-state index contributed by atoms with van der Waals surface area (Å²) in [7, 11) is 0. The Kier molecular flexibility index (Phi) is 7.40. The molecule has 1 saturated carbocycles. The lowest BCUT2D eigenvalue weighted by atomic mass is 10.1. The third kappa shape index (κ3) is 4.97. The van der Waals surface area contributed by atoms with Crippen LogP contribution in [0.1, 0.15) is 44.1 Å². The smallest absolute Gasteiger partial charge is 0.0595 e. The van der Waals surface area contributed by atoms with Crippen molar-refractivity contribution in [2.45, 2.75) is 51.1 Å². The molecule has 102 valence electrons. The van der Waals surface area contributed by atoms with Crippen molar-refractivity contribution in [3.63, 3.8) is 0 Å². The first-order chi connectivity index (χ1) is 8.25. The molecule has 1 N–H and O–H groups in total. The van der Waals surface area contributed by atoms with Gasteiger partial charge >= 0.3 is 0 Å². The van der Waals surface area contributed by atoms with Gasteiger partial charge in [-0.25, -0.2) is 0 Å². The molecule has 0 aromatic heterocycles. The lowest BCUT2D eigenvalue weighted by Crippen LogP contribution is -2.27. The molecule has 0 atom stereocenters. The van der Waals surface area contributed by atoms with Gasteiger partial charge in [-0.15, -0.1) is 12.4 Å². The summed E-state index contributed by atoms with van der Waals surface area (Å²) in [5, 5.41) is 4.90. The van der Waals surface area contributed by atoms with E-state index in [1.165, 1.54) is 44.1 Å². The summed E-state index contributed by atoms with van der Waals surface area (Å²) in [5.41, 5.74) is 1.21. The molecule has 1 aliphatic carbocycles. The summed E-state index contributed by atoms with van der Waals surface area (Å²) < 4.78 is 0. The van der Waals surface area contributed by atoms with Crippen LogP contribution in [0.3, 0.4) is 0 Å². The summed E-state index contributed by atoms with van der Waals surface area (Å²) in [6.45, 7) is 0.890. The van der Waals surface area contributed by atoms with Gasteiger partial charge in [-0.1, -0.05) is 55.0 Å². The first-order valence-electron chi connectivity index (χ1n) is 6.43. The monoisotopic (exact) mass is 307 g/mol. The first kappa shape index (κ1) is 16.1. The van der Waals surface area contributed by atoms with E-state index in [0.29, 0.717) is 16.1 Å². The topological polar surface area (TPSA) is 12.0 Å². The molecular weight excluding hydrogens is 289 g/mol. The van der Waals surface area contributed by atoms with Crippen LogP contribution < -0.4 is 5.32 Å². The standard InChI is InChI=1S/C14H19Cl2N.ClH/c15-13-8-7-11(9-14(13)16)10-17-12-5-3-1-2-4-6-12;/h7-9,12,17H,1-6,10H2;1H. The molecule has 1 fully saturated rings. The Bertz CT molecular complexity index is 360. The maximum atomic E-state index is 6.00. The highest BCUT2D eigenvalue weighted by molar-refractivity contribution is 6.42. The van der Waals surface area contributed by atoms with Crippen LogP contribution in [0.4, 0.5) is 0 Å². The highest BCUT2D eigenvalue weighted by Crippen LogP contribution is 2.23. The number of halogens is 3. The summed E-state index contributed by atoms with van der Waals surface area (Å²) >= 11 is 11.9. The Morgan fingerprint density at radius 2 is 1.67 bits per heavy atom. The molecule has 1 nitrogen and oxygen atoms in total. The highest BCUT2D eigenvalue weighted by Gasteiger charge is 2.11. The number of benzene rings is 1. The molecule has 1 aromatic rings. The second-order valence-corrected chi connectivity index (χ2v) is 5.63. The van der Waals surface area contributed by atoms with Crippen LogP contribution in [0.5, 0.6) is 0 Å². The maximum Gasteiger partial charge on any atom is 0.0595 e. The molecule has 0 spiro atoms. The Morgan fingerprint density at radius 1 is 1.00 bits per heavy atom. The van der Waals surface area contributed by atoms with Gasteiger partial charge < -0.3 is 5.32 Å². The molecule has 0 radical (unpaired) electrons. The van der Waals surface area contributed by atoms with Gasteiger partial charge in [0.25, 0.3) is 0 Å². The molecule has 18 heavy (non-hydrogen) atoms. The van der Waals surface area contributed by atoms with Gasteiger partial charge in [0.1, 0.15) is 0 Å². The van der Waals surface area contributed by atoms with Gasteiger partial charge in [0.05, 0.1) is 10.0 Å². The summed E-state index contributed by atoms with van der Waals surface area (Å²) in [6, 6.07) is 6.53. The molecular formula is C14H20Cl3N. The predicted octanol–water partition coefficient (Wildman–Crippen LogP) is 5.23. The molecule has 1 aliphatic rings. The molecule has 1 aromatic carbocycles. The third-order valence-corrected chi connectivity index (χ3v) is 4.17. The van der Waals surface area contributed by atoms with Gasteiger partial charge in [-0.3, -0.25) is 0 Å². The lowest BCUT2D eigenvalue weighted by Gasteiger charge is -2.16. The zero-order valence-electron chi connectivity index (χ0n) is 10.4. The predicted molar refractivity (Wildman–Crippen MR) is 82.0 cm³/mol. The van der Waals surface area contributed by atoms with Crippen LogP contribution in [-0.2, 0) is 6.54 Å². The quantitative estimate of drug-likeness (QED) is 0.754. The van der Waals surface area contributed by atoms with Crippen LogP contribution in [-0.4, -0.2) is 6.04 Å². The van der Waals surface area contributed by atoms with Crippen molar-refractivity contribution in [1.82, 2.24) is 5.32 Å². The van der Waals surface area contributed by atoms with E-state index in [9.17, 15) is 0 Å². The van der Waals surface area contributed by atoms with Gasteiger partial charge in [-0.05, 0) is 30.5 Å². The minimum atomic E-state index is 0. The largest absolute Gasteiger partial charge is 0.310 e. The molecule has 0 unspecified atom stereocenters. The SMILES string of the molecule is Cl.Clc1ccc(CNC2CCCCCC2)cc1Cl. The van der Waals surface area contributed by atoms with Crippen LogP contribution in [0.25, 0.3) is 0 Å². The molecule has 2 rings (SSSR count). The minimum absolute atomic E-state index is 0. The summed E-state index contributed by atoms with van der Waals surface area (Å²) in [4.78, 5) is 0. The molecule has 0 amide bonds. The Labute approximate surface area is 126 Å². The third-order valence-electron chi connectivity index (χ3n) is 3.43. The second-order valence-electron chi connectivity index (χ2n) is 4.82. The number of rotatable bonds is 3. The average molecular weight is 309 g/mol. The summed E-state index contributed by atoms with van der Waals surface area (Å²) in [6.07, 6.45) is 8.12. The van der Waals surface area contributed by atoms with Gasteiger partial charge in [0.2, 0.25) is 0 Å². The van der Waals surface area contributed by atoms with E-state index in [0.717, 1.165) is 6.54 Å². The first-order valence-corrected chi connectivity index (χ1v) is 7.18. The minimum Gasteiger partial charge on any atom is -0.310 e. The van der Waals surface area contributed by atoms with Crippen molar-refractivity contribution in [2.75, 3.05) is 0 Å². The van der Waals surface area contributed by atoms with Gasteiger partial charge in [-0.2, -0.15) is 0 Å². The fraction of sp³-hybridized carbons (Fsp3) is 0.571. The van der Waals surface area contributed by atoms with E-state index < -0.39 is 0 Å². The molecule has 0 saturated heterocycles. The second kappa shape index (κ2) is 8.27. The van der Waals surface area contributed by atoms with Crippen molar-refractivity contribution < 1.29 is 0 Å². The van der Waals surface area contributed by atoms with Crippen molar-refractivity contribution >= 4 is 35.6 Å². The maximum absolute atomic E-state index is 6.00. The van der Waals surface area contributed by atoms with Gasteiger partial charge in [0.15, 0.2) is 0 Å². The van der Waals surface area contributed by atoms with Crippen molar-refractivity contribution in [1.29, 1.82) is 0 Å². The van der Waals surface area contributed by atoms with Crippen LogP contribution in [0.15, 0.2) is 18.2 Å². The van der Waals surface area contributed by atoms with Gasteiger partial charge in [0, 0.05) is 12.6 Å². The van der Waals surface area contributed by atoms with Crippen molar-refractivity contribution in [2.24, 2.45) is 0 Å². The Balaban J connectivity index is 0.00000162. The number of hydrogen-bond donors (Lipinski definition) is 1. The zero-order chi connectivity index (χ0) is 12.1. The van der Waals surface area contributed by atoms with Crippen molar-refractivity contribution in [3.8, 4) is 0 Å². The average Bonchev–Trinajstić information content (AvgIpc) is 2.59. The van der Waals surface area contributed by atoms with E-state index in [4.69, 9.17) is 23.2 Å². The Hall–Kier alpha value is 0.0500. The fourth-order valence-electron chi connectivity index (χ4n) is 2.40. The normalized spacial score (nSPS) is 17.0. The highest BCUT2D eigenvalue weighted by atomic mass is 35.5. The van der Waals surface area contributed by atoms with Crippen LogP contribution in [0.2, 0.25) is 10.0 Å². The van der Waals surface area contributed by atoms with E-state index in [-0.39, 0.29) is 12.4 Å². The Morgan fingerprint density at radius 3 is 2.28 bits per heavy atom. The van der Waals surface area contributed by atoms with Crippen molar-refractivity contribution in [3.05, 3.63) is 33.8 Å². The molecule has 0 heterocycles. The number of hydrogen-bond acceptors (Lipinski definition) is 1. The van der Waals surface area contributed by atoms with E-state index in [1.54, 1.807) is 0 Å². The van der Waals surface area contributed by atoms with E-state index >= 15 is 0 Å². The summed E-state index contributed by atoms with van der Waals surface area (Å²) in [5.74, 6) is 0. The molecule has 0 bridgehead atoms. The molecule has 4 heteroatoms. The number of nitrogens with one attached hydrogen (secondary N) is 1. The lowest BCUT2D eigenvalue weighted by molar-refractivity contribution is 0.459. The fourth-order valence-corrected chi connectivity index (χ4v) is 2.72. The van der Waals surface area contributed by atoms with E-state index in [2.05, 4.69) is 5.32 Å². The van der Waals surface area contributed by atoms with Crippen LogP contribution >= 0.6 is 35.6 Å². The zero-order valence-corrected chi connectivity index (χ0v) is 12.8.